The molecule has 0 aliphatic heterocycles. The summed E-state index contributed by atoms with van der Waals surface area (Å²) in [5, 5.41) is 9.02. The molecule has 0 atom stereocenters. The second kappa shape index (κ2) is 4.67. The Morgan fingerprint density at radius 2 is 1.73 bits per heavy atom. The maximum Gasteiger partial charge on any atom is 0.0453 e. The Kier molecular flexibility index (Phi) is 3.75. The molecular formula is C13H21NO. The number of aryl methyl sites for hydroxylation is 1. The minimum atomic E-state index is -0.00991. The molecule has 0 radical (unpaired) electrons. The van der Waals surface area contributed by atoms with Crippen LogP contribution in [0.1, 0.15) is 25.8 Å². The SMILES string of the molecule is Cc1ccc(N(C)C(C)(C)CCO)cc1. The first kappa shape index (κ1) is 12.1. The van der Waals surface area contributed by atoms with Crippen LogP contribution in [0.3, 0.4) is 0 Å². The number of anilines is 1. The van der Waals surface area contributed by atoms with Crippen LogP contribution in [0.5, 0.6) is 0 Å². The van der Waals surface area contributed by atoms with E-state index in [0.717, 1.165) is 6.42 Å². The van der Waals surface area contributed by atoms with Crippen molar-refractivity contribution in [2.24, 2.45) is 0 Å². The average molecular weight is 207 g/mol. The third kappa shape index (κ3) is 2.96. The molecular weight excluding hydrogens is 186 g/mol. The lowest BCUT2D eigenvalue weighted by Gasteiger charge is -2.37. The first-order valence-corrected chi connectivity index (χ1v) is 5.39. The largest absolute Gasteiger partial charge is 0.396 e. The van der Waals surface area contributed by atoms with Crippen LogP contribution in [-0.4, -0.2) is 24.3 Å². The van der Waals surface area contributed by atoms with Crippen LogP contribution >= 0.6 is 0 Å². The molecule has 15 heavy (non-hydrogen) atoms. The molecule has 0 aromatic heterocycles. The molecule has 1 aromatic carbocycles. The van der Waals surface area contributed by atoms with E-state index in [9.17, 15) is 0 Å². The van der Waals surface area contributed by atoms with Crippen molar-refractivity contribution in [2.45, 2.75) is 32.7 Å². The van der Waals surface area contributed by atoms with Crippen LogP contribution in [0, 0.1) is 6.92 Å². The fourth-order valence-corrected chi connectivity index (χ4v) is 1.56. The number of aliphatic hydroxyl groups excluding tert-OH is 1. The fourth-order valence-electron chi connectivity index (χ4n) is 1.56. The molecule has 84 valence electrons. The van der Waals surface area contributed by atoms with Crippen LogP contribution in [0.25, 0.3) is 0 Å². The van der Waals surface area contributed by atoms with Crippen molar-refractivity contribution in [3.8, 4) is 0 Å². The summed E-state index contributed by atoms with van der Waals surface area (Å²) >= 11 is 0. The predicted molar refractivity (Wildman–Crippen MR) is 65.4 cm³/mol. The predicted octanol–water partition coefficient (Wildman–Crippen LogP) is 2.59. The molecule has 0 saturated heterocycles. The molecule has 0 saturated carbocycles. The van der Waals surface area contributed by atoms with Gasteiger partial charge in [-0.2, -0.15) is 0 Å². The van der Waals surface area contributed by atoms with E-state index in [-0.39, 0.29) is 12.1 Å². The highest BCUT2D eigenvalue weighted by Gasteiger charge is 2.22. The van der Waals surface area contributed by atoms with Crippen LogP contribution in [0.15, 0.2) is 24.3 Å². The van der Waals surface area contributed by atoms with Crippen molar-refractivity contribution in [1.82, 2.24) is 0 Å². The summed E-state index contributed by atoms with van der Waals surface area (Å²) < 4.78 is 0. The molecule has 2 heteroatoms. The molecule has 1 rings (SSSR count). The van der Waals surface area contributed by atoms with Gasteiger partial charge in [-0.3, -0.25) is 0 Å². The highest BCUT2D eigenvalue weighted by atomic mass is 16.3. The molecule has 0 unspecified atom stereocenters. The molecule has 0 spiro atoms. The maximum absolute atomic E-state index is 9.02. The monoisotopic (exact) mass is 207 g/mol. The quantitative estimate of drug-likeness (QED) is 0.820. The van der Waals surface area contributed by atoms with Gasteiger partial charge in [0, 0.05) is 24.9 Å². The minimum Gasteiger partial charge on any atom is -0.396 e. The van der Waals surface area contributed by atoms with E-state index >= 15 is 0 Å². The van der Waals surface area contributed by atoms with Gasteiger partial charge in [-0.15, -0.1) is 0 Å². The summed E-state index contributed by atoms with van der Waals surface area (Å²) in [6.45, 7) is 6.60. The molecule has 0 heterocycles. The van der Waals surface area contributed by atoms with E-state index in [2.05, 4.69) is 57.0 Å². The van der Waals surface area contributed by atoms with Gasteiger partial charge in [0.25, 0.3) is 0 Å². The number of nitrogens with zero attached hydrogens (tertiary/aromatic N) is 1. The summed E-state index contributed by atoms with van der Waals surface area (Å²) in [7, 11) is 2.07. The summed E-state index contributed by atoms with van der Waals surface area (Å²) in [5.41, 5.74) is 2.45. The van der Waals surface area contributed by atoms with E-state index < -0.39 is 0 Å². The van der Waals surface area contributed by atoms with E-state index in [1.54, 1.807) is 0 Å². The second-order valence-electron chi connectivity index (χ2n) is 4.68. The molecule has 0 aliphatic carbocycles. The first-order chi connectivity index (χ1) is 6.97. The number of rotatable bonds is 4. The van der Waals surface area contributed by atoms with Gasteiger partial charge in [0.2, 0.25) is 0 Å². The van der Waals surface area contributed by atoms with Crippen molar-refractivity contribution in [3.63, 3.8) is 0 Å². The second-order valence-corrected chi connectivity index (χ2v) is 4.68. The zero-order valence-electron chi connectivity index (χ0n) is 10.1. The number of hydrogen-bond donors (Lipinski definition) is 1. The third-order valence-electron chi connectivity index (χ3n) is 3.05. The van der Waals surface area contributed by atoms with E-state index in [1.165, 1.54) is 11.3 Å². The Balaban J connectivity index is 2.84. The number of benzene rings is 1. The molecule has 2 nitrogen and oxygen atoms in total. The highest BCUT2D eigenvalue weighted by molar-refractivity contribution is 5.48. The zero-order chi connectivity index (χ0) is 11.5. The Morgan fingerprint density at radius 1 is 1.20 bits per heavy atom. The Hall–Kier alpha value is -1.02. The lowest BCUT2D eigenvalue weighted by atomic mass is 9.98. The van der Waals surface area contributed by atoms with Crippen LogP contribution < -0.4 is 4.90 Å². The Labute approximate surface area is 92.5 Å². The average Bonchev–Trinajstić information content (AvgIpc) is 2.18. The maximum atomic E-state index is 9.02. The molecule has 0 amide bonds. The van der Waals surface area contributed by atoms with E-state index in [0.29, 0.717) is 0 Å². The molecule has 0 fully saturated rings. The lowest BCUT2D eigenvalue weighted by Crippen LogP contribution is -2.41. The topological polar surface area (TPSA) is 23.5 Å². The molecule has 1 N–H and O–H groups in total. The smallest absolute Gasteiger partial charge is 0.0453 e. The molecule has 0 aliphatic rings. The first-order valence-electron chi connectivity index (χ1n) is 5.39. The van der Waals surface area contributed by atoms with Crippen molar-refractivity contribution in [3.05, 3.63) is 29.8 Å². The van der Waals surface area contributed by atoms with E-state index in [4.69, 9.17) is 5.11 Å². The Morgan fingerprint density at radius 3 is 2.20 bits per heavy atom. The number of hydrogen-bond acceptors (Lipinski definition) is 2. The summed E-state index contributed by atoms with van der Waals surface area (Å²) in [6.07, 6.45) is 0.775. The van der Waals surface area contributed by atoms with Gasteiger partial charge in [-0.1, -0.05) is 17.7 Å². The van der Waals surface area contributed by atoms with Crippen LogP contribution in [0.4, 0.5) is 5.69 Å². The zero-order valence-corrected chi connectivity index (χ0v) is 10.1. The van der Waals surface area contributed by atoms with Gasteiger partial charge in [0.1, 0.15) is 0 Å². The molecule has 0 bridgehead atoms. The highest BCUT2D eigenvalue weighted by Crippen LogP contribution is 2.24. The van der Waals surface area contributed by atoms with Gasteiger partial charge < -0.3 is 10.0 Å². The van der Waals surface area contributed by atoms with E-state index in [1.807, 2.05) is 0 Å². The van der Waals surface area contributed by atoms with Gasteiger partial charge >= 0.3 is 0 Å². The van der Waals surface area contributed by atoms with Crippen molar-refractivity contribution < 1.29 is 5.11 Å². The van der Waals surface area contributed by atoms with Crippen molar-refractivity contribution >= 4 is 5.69 Å². The standard InChI is InChI=1S/C13H21NO/c1-11-5-7-12(8-6-11)14(4)13(2,3)9-10-15/h5-8,15H,9-10H2,1-4H3. The molecule has 1 aromatic rings. The van der Waals surface area contributed by atoms with Gasteiger partial charge in [-0.05, 0) is 39.3 Å². The summed E-state index contributed by atoms with van der Waals surface area (Å²) in [5.74, 6) is 0. The Bertz CT molecular complexity index is 303. The summed E-state index contributed by atoms with van der Waals surface area (Å²) in [4.78, 5) is 2.21. The fraction of sp³-hybridized carbons (Fsp3) is 0.538. The third-order valence-corrected chi connectivity index (χ3v) is 3.05. The summed E-state index contributed by atoms with van der Waals surface area (Å²) in [6, 6.07) is 8.46. The van der Waals surface area contributed by atoms with Gasteiger partial charge in [-0.25, -0.2) is 0 Å². The minimum absolute atomic E-state index is 0.00991. The van der Waals surface area contributed by atoms with Crippen LogP contribution in [-0.2, 0) is 0 Å². The lowest BCUT2D eigenvalue weighted by molar-refractivity contribution is 0.250. The number of aliphatic hydroxyl groups is 1. The normalized spacial score (nSPS) is 11.5. The van der Waals surface area contributed by atoms with Crippen LogP contribution in [0.2, 0.25) is 0 Å². The van der Waals surface area contributed by atoms with Crippen molar-refractivity contribution in [2.75, 3.05) is 18.6 Å². The van der Waals surface area contributed by atoms with Gasteiger partial charge in [0.05, 0.1) is 0 Å². The van der Waals surface area contributed by atoms with Gasteiger partial charge in [0.15, 0.2) is 0 Å². The van der Waals surface area contributed by atoms with Crippen molar-refractivity contribution in [1.29, 1.82) is 0 Å².